The Balaban J connectivity index is 1.53. The Kier molecular flexibility index (Phi) is 5.20. The molecule has 0 aliphatic carbocycles. The average molecular weight is 362 g/mol. The number of carbonyl (C=O) groups excluding carboxylic acids is 1. The second-order valence-corrected chi connectivity index (χ2v) is 6.76. The number of piperidine rings is 1. The minimum Gasteiger partial charge on any atom is -0.319 e. The summed E-state index contributed by atoms with van der Waals surface area (Å²) in [5.41, 5.74) is 3.75. The first-order valence-electron chi connectivity index (χ1n) is 9.21. The molecular weight excluding hydrogens is 340 g/mol. The fourth-order valence-corrected chi connectivity index (χ4v) is 3.41. The van der Waals surface area contributed by atoms with Crippen LogP contribution in [0, 0.1) is 0 Å². The summed E-state index contributed by atoms with van der Waals surface area (Å²) in [7, 11) is 0. The van der Waals surface area contributed by atoms with Crippen LogP contribution in [0.4, 0.5) is 5.69 Å². The number of amides is 1. The third-order valence-corrected chi connectivity index (χ3v) is 4.74. The lowest BCUT2D eigenvalue weighted by atomic mass is 10.1. The number of nitrogens with zero attached hydrogens (tertiary/aromatic N) is 4. The third kappa shape index (κ3) is 4.20. The van der Waals surface area contributed by atoms with Gasteiger partial charge >= 0.3 is 0 Å². The van der Waals surface area contributed by atoms with E-state index in [0.29, 0.717) is 11.4 Å². The van der Waals surface area contributed by atoms with Gasteiger partial charge in [-0.15, -0.1) is 0 Å². The van der Waals surface area contributed by atoms with E-state index < -0.39 is 0 Å². The van der Waals surface area contributed by atoms with Crippen molar-refractivity contribution in [1.29, 1.82) is 0 Å². The molecule has 1 aliphatic rings. The van der Waals surface area contributed by atoms with Crippen LogP contribution in [0.2, 0.25) is 0 Å². The van der Waals surface area contributed by atoms with E-state index in [2.05, 4.69) is 36.4 Å². The van der Waals surface area contributed by atoms with E-state index in [1.807, 2.05) is 6.20 Å². The molecule has 1 fully saturated rings. The van der Waals surface area contributed by atoms with Crippen LogP contribution in [0.5, 0.6) is 0 Å². The Morgan fingerprint density at radius 2 is 2.04 bits per heavy atom. The van der Waals surface area contributed by atoms with Crippen molar-refractivity contribution < 1.29 is 4.79 Å². The standard InChI is InChI=1S/C20H22N6O/c27-20(24-17-5-4-6-21-12-17)19-18(13-23-25-19)16-9-15(10-22-11-16)14-26-7-2-1-3-8-26/h4-6,9-13H,1-3,7-8,14H2,(H,23,25)(H,24,27). The maximum Gasteiger partial charge on any atom is 0.276 e. The third-order valence-electron chi connectivity index (χ3n) is 4.74. The molecule has 0 bridgehead atoms. The van der Waals surface area contributed by atoms with E-state index in [9.17, 15) is 4.79 Å². The largest absolute Gasteiger partial charge is 0.319 e. The van der Waals surface area contributed by atoms with Crippen molar-refractivity contribution in [2.24, 2.45) is 0 Å². The molecule has 7 heteroatoms. The molecule has 7 nitrogen and oxygen atoms in total. The summed E-state index contributed by atoms with van der Waals surface area (Å²) in [4.78, 5) is 23.5. The first kappa shape index (κ1) is 17.4. The zero-order chi connectivity index (χ0) is 18.5. The summed E-state index contributed by atoms with van der Waals surface area (Å²) >= 11 is 0. The average Bonchev–Trinajstić information content (AvgIpc) is 3.20. The first-order chi connectivity index (χ1) is 13.3. The summed E-state index contributed by atoms with van der Waals surface area (Å²) in [5, 5.41) is 9.76. The van der Waals surface area contributed by atoms with Gasteiger partial charge in [0.05, 0.1) is 11.9 Å². The Morgan fingerprint density at radius 1 is 1.15 bits per heavy atom. The maximum absolute atomic E-state index is 12.6. The Bertz CT molecular complexity index is 902. The highest BCUT2D eigenvalue weighted by Crippen LogP contribution is 2.24. The SMILES string of the molecule is O=C(Nc1cccnc1)c1n[nH]cc1-c1cncc(CN2CCCCC2)c1. The first-order valence-corrected chi connectivity index (χ1v) is 9.21. The number of rotatable bonds is 5. The minimum atomic E-state index is -0.277. The monoisotopic (exact) mass is 362 g/mol. The predicted molar refractivity (Wildman–Crippen MR) is 103 cm³/mol. The highest BCUT2D eigenvalue weighted by atomic mass is 16.1. The van der Waals surface area contributed by atoms with Crippen molar-refractivity contribution in [3.63, 3.8) is 0 Å². The van der Waals surface area contributed by atoms with Crippen molar-refractivity contribution in [2.45, 2.75) is 25.8 Å². The van der Waals surface area contributed by atoms with Gasteiger partial charge in [0.1, 0.15) is 0 Å². The van der Waals surface area contributed by atoms with E-state index >= 15 is 0 Å². The summed E-state index contributed by atoms with van der Waals surface area (Å²) < 4.78 is 0. The lowest BCUT2D eigenvalue weighted by Gasteiger charge is -2.26. The van der Waals surface area contributed by atoms with E-state index in [-0.39, 0.29) is 5.91 Å². The van der Waals surface area contributed by atoms with Gasteiger partial charge in [-0.2, -0.15) is 5.10 Å². The van der Waals surface area contributed by atoms with Gasteiger partial charge in [-0.3, -0.25) is 24.8 Å². The van der Waals surface area contributed by atoms with Crippen LogP contribution in [0.15, 0.2) is 49.2 Å². The second kappa shape index (κ2) is 8.09. The van der Waals surface area contributed by atoms with Crippen LogP contribution < -0.4 is 5.32 Å². The van der Waals surface area contributed by atoms with Crippen molar-refractivity contribution in [1.82, 2.24) is 25.1 Å². The number of likely N-dealkylation sites (tertiary alicyclic amines) is 1. The molecule has 3 aromatic heterocycles. The molecule has 0 saturated carbocycles. The number of carbonyl (C=O) groups is 1. The molecule has 3 aromatic rings. The number of hydrogen-bond donors (Lipinski definition) is 2. The van der Waals surface area contributed by atoms with Crippen LogP contribution >= 0.6 is 0 Å². The highest BCUT2D eigenvalue weighted by Gasteiger charge is 2.18. The summed E-state index contributed by atoms with van der Waals surface area (Å²) in [6.45, 7) is 3.15. The smallest absolute Gasteiger partial charge is 0.276 e. The number of pyridine rings is 2. The van der Waals surface area contributed by atoms with Gasteiger partial charge in [-0.05, 0) is 49.7 Å². The molecule has 4 rings (SSSR count). The number of hydrogen-bond acceptors (Lipinski definition) is 5. The number of anilines is 1. The van der Waals surface area contributed by atoms with E-state index in [1.54, 1.807) is 36.9 Å². The van der Waals surface area contributed by atoms with Crippen LogP contribution in [0.1, 0.15) is 35.3 Å². The molecule has 0 radical (unpaired) electrons. The van der Waals surface area contributed by atoms with Gasteiger partial charge < -0.3 is 5.32 Å². The van der Waals surface area contributed by atoms with Crippen LogP contribution in [-0.2, 0) is 6.54 Å². The molecule has 0 unspecified atom stereocenters. The minimum absolute atomic E-state index is 0.277. The topological polar surface area (TPSA) is 86.8 Å². The lowest BCUT2D eigenvalue weighted by Crippen LogP contribution is -2.29. The fourth-order valence-electron chi connectivity index (χ4n) is 3.41. The van der Waals surface area contributed by atoms with Crippen molar-refractivity contribution in [3.05, 3.63) is 60.4 Å². The number of nitrogens with one attached hydrogen (secondary N) is 2. The van der Waals surface area contributed by atoms with Crippen molar-refractivity contribution in [2.75, 3.05) is 18.4 Å². The molecule has 1 saturated heterocycles. The molecule has 1 aliphatic heterocycles. The summed E-state index contributed by atoms with van der Waals surface area (Å²) in [5.74, 6) is -0.277. The maximum atomic E-state index is 12.6. The molecule has 138 valence electrons. The summed E-state index contributed by atoms with van der Waals surface area (Å²) in [6.07, 6.45) is 12.5. The highest BCUT2D eigenvalue weighted by molar-refractivity contribution is 6.07. The van der Waals surface area contributed by atoms with Gasteiger partial charge in [0, 0.05) is 42.5 Å². The van der Waals surface area contributed by atoms with E-state index in [1.165, 1.54) is 19.3 Å². The van der Waals surface area contributed by atoms with Crippen molar-refractivity contribution in [3.8, 4) is 11.1 Å². The Labute approximate surface area is 157 Å². The number of H-pyrrole nitrogens is 1. The van der Waals surface area contributed by atoms with E-state index in [4.69, 9.17) is 0 Å². The van der Waals surface area contributed by atoms with Crippen LogP contribution in [0.25, 0.3) is 11.1 Å². The molecule has 4 heterocycles. The normalized spacial score (nSPS) is 14.8. The number of aromatic amines is 1. The summed E-state index contributed by atoms with van der Waals surface area (Å²) in [6, 6.07) is 5.65. The molecular formula is C20H22N6O. The molecule has 0 atom stereocenters. The fraction of sp³-hybridized carbons (Fsp3) is 0.300. The Morgan fingerprint density at radius 3 is 2.85 bits per heavy atom. The molecule has 2 N–H and O–H groups in total. The van der Waals surface area contributed by atoms with Gasteiger partial charge in [0.2, 0.25) is 0 Å². The van der Waals surface area contributed by atoms with Crippen molar-refractivity contribution >= 4 is 11.6 Å². The van der Waals surface area contributed by atoms with Crippen LogP contribution in [0.3, 0.4) is 0 Å². The zero-order valence-corrected chi connectivity index (χ0v) is 15.1. The second-order valence-electron chi connectivity index (χ2n) is 6.76. The van der Waals surface area contributed by atoms with Crippen LogP contribution in [-0.4, -0.2) is 44.1 Å². The quantitative estimate of drug-likeness (QED) is 0.728. The Hall–Kier alpha value is -3.06. The molecule has 0 spiro atoms. The zero-order valence-electron chi connectivity index (χ0n) is 15.1. The molecule has 27 heavy (non-hydrogen) atoms. The van der Waals surface area contributed by atoms with Gasteiger partial charge in [0.15, 0.2) is 5.69 Å². The lowest BCUT2D eigenvalue weighted by molar-refractivity contribution is 0.102. The molecule has 1 amide bonds. The van der Waals surface area contributed by atoms with Gasteiger partial charge in [-0.25, -0.2) is 0 Å². The predicted octanol–water partition coefficient (Wildman–Crippen LogP) is 3.10. The van der Waals surface area contributed by atoms with Gasteiger partial charge in [-0.1, -0.05) is 6.42 Å². The van der Waals surface area contributed by atoms with E-state index in [0.717, 1.165) is 36.3 Å². The van der Waals surface area contributed by atoms with Gasteiger partial charge in [0.25, 0.3) is 5.91 Å². The number of aromatic nitrogens is 4. The molecule has 0 aromatic carbocycles.